The molecule has 3 heteroatoms. The second-order valence-electron chi connectivity index (χ2n) is 4.11. The second kappa shape index (κ2) is 7.83. The molecule has 0 fully saturated rings. The van der Waals surface area contributed by atoms with Crippen LogP contribution in [0.4, 0.5) is 0 Å². The van der Waals surface area contributed by atoms with Gasteiger partial charge in [0.25, 0.3) is 0 Å². The van der Waals surface area contributed by atoms with Crippen LogP contribution in [0.2, 0.25) is 0 Å². The molecular weight excluding hydrogens is 204 g/mol. The number of rotatable bonds is 8. The molecule has 15 heavy (non-hydrogen) atoms. The molecule has 0 aliphatic rings. The first-order chi connectivity index (χ1) is 7.33. The van der Waals surface area contributed by atoms with Gasteiger partial charge in [-0.15, -0.1) is 11.3 Å². The van der Waals surface area contributed by atoms with Crippen LogP contribution in [0, 0.1) is 0 Å². The Morgan fingerprint density at radius 2 is 2.27 bits per heavy atom. The molecule has 1 heterocycles. The van der Waals surface area contributed by atoms with Crippen molar-refractivity contribution in [3.8, 4) is 0 Å². The molecule has 86 valence electrons. The highest BCUT2D eigenvalue weighted by atomic mass is 32.1. The number of aromatic nitrogens is 1. The van der Waals surface area contributed by atoms with E-state index < -0.39 is 0 Å². The van der Waals surface area contributed by atoms with Crippen LogP contribution in [0.3, 0.4) is 0 Å². The summed E-state index contributed by atoms with van der Waals surface area (Å²) in [6, 6.07) is 0.614. The molecule has 1 N–H and O–H groups in total. The molecule has 0 aliphatic heterocycles. The first-order valence-electron chi connectivity index (χ1n) is 5.93. The molecule has 1 rings (SSSR count). The van der Waals surface area contributed by atoms with E-state index in [-0.39, 0.29) is 0 Å². The second-order valence-corrected chi connectivity index (χ2v) is 4.83. The van der Waals surface area contributed by atoms with Crippen molar-refractivity contribution in [3.05, 3.63) is 16.6 Å². The maximum atomic E-state index is 4.25. The topological polar surface area (TPSA) is 24.9 Å². The molecule has 1 unspecified atom stereocenters. The minimum Gasteiger partial charge on any atom is -0.309 e. The number of nitrogens with zero attached hydrogens (tertiary/aromatic N) is 1. The predicted octanol–water partition coefficient (Wildman–Crippen LogP) is 3.59. The largest absolute Gasteiger partial charge is 0.309 e. The number of nitrogens with one attached hydrogen (secondary N) is 1. The van der Waals surface area contributed by atoms with Crippen molar-refractivity contribution in [3.63, 3.8) is 0 Å². The van der Waals surface area contributed by atoms with Gasteiger partial charge in [0.2, 0.25) is 0 Å². The molecule has 0 aliphatic carbocycles. The highest BCUT2D eigenvalue weighted by Gasteiger charge is 2.01. The van der Waals surface area contributed by atoms with Crippen molar-refractivity contribution >= 4 is 11.3 Å². The van der Waals surface area contributed by atoms with Gasteiger partial charge in [-0.25, -0.2) is 4.98 Å². The van der Waals surface area contributed by atoms with E-state index in [2.05, 4.69) is 29.5 Å². The average Bonchev–Trinajstić information content (AvgIpc) is 2.74. The normalized spacial score (nSPS) is 12.9. The number of thiazole rings is 1. The van der Waals surface area contributed by atoms with E-state index in [1.54, 1.807) is 11.3 Å². The van der Waals surface area contributed by atoms with Crippen LogP contribution in [-0.4, -0.2) is 11.0 Å². The van der Waals surface area contributed by atoms with E-state index in [1.807, 2.05) is 5.51 Å². The lowest BCUT2D eigenvalue weighted by Crippen LogP contribution is -2.25. The van der Waals surface area contributed by atoms with Gasteiger partial charge in [-0.2, -0.15) is 0 Å². The van der Waals surface area contributed by atoms with Crippen LogP contribution in [-0.2, 0) is 6.54 Å². The predicted molar refractivity (Wildman–Crippen MR) is 67.2 cm³/mol. The summed E-state index contributed by atoms with van der Waals surface area (Å²) in [4.78, 5) is 4.25. The summed E-state index contributed by atoms with van der Waals surface area (Å²) < 4.78 is 0. The lowest BCUT2D eigenvalue weighted by molar-refractivity contribution is 0.480. The van der Waals surface area contributed by atoms with Crippen LogP contribution in [0.25, 0.3) is 0 Å². The third-order valence-corrected chi connectivity index (χ3v) is 3.24. The molecule has 0 bridgehead atoms. The Labute approximate surface area is 97.1 Å². The van der Waals surface area contributed by atoms with Gasteiger partial charge < -0.3 is 5.32 Å². The van der Waals surface area contributed by atoms with Crippen molar-refractivity contribution < 1.29 is 0 Å². The molecule has 1 aromatic rings. The van der Waals surface area contributed by atoms with E-state index in [0.29, 0.717) is 6.04 Å². The van der Waals surface area contributed by atoms with Gasteiger partial charge in [0.15, 0.2) is 0 Å². The molecule has 1 aromatic heterocycles. The Balaban J connectivity index is 2.01. The zero-order valence-electron chi connectivity index (χ0n) is 9.83. The Morgan fingerprint density at radius 1 is 1.40 bits per heavy atom. The Kier molecular flexibility index (Phi) is 6.60. The Morgan fingerprint density at radius 3 is 2.93 bits per heavy atom. The zero-order chi connectivity index (χ0) is 10.9. The fraction of sp³-hybridized carbons (Fsp3) is 0.750. The van der Waals surface area contributed by atoms with Gasteiger partial charge in [-0.3, -0.25) is 0 Å². The minimum atomic E-state index is 0.614. The van der Waals surface area contributed by atoms with Crippen LogP contribution in [0.15, 0.2) is 10.9 Å². The molecule has 0 saturated heterocycles. The van der Waals surface area contributed by atoms with Crippen molar-refractivity contribution in [2.75, 3.05) is 0 Å². The summed E-state index contributed by atoms with van der Waals surface area (Å²) in [5.41, 5.74) is 3.06. The third kappa shape index (κ3) is 5.90. The lowest BCUT2D eigenvalue weighted by Gasteiger charge is -2.12. The van der Waals surface area contributed by atoms with Gasteiger partial charge in [0, 0.05) is 18.0 Å². The van der Waals surface area contributed by atoms with Crippen LogP contribution < -0.4 is 5.32 Å². The molecule has 0 aromatic carbocycles. The van der Waals surface area contributed by atoms with Crippen LogP contribution in [0.5, 0.6) is 0 Å². The average molecular weight is 226 g/mol. The van der Waals surface area contributed by atoms with Gasteiger partial charge in [-0.1, -0.05) is 32.6 Å². The standard InChI is InChI=1S/C12H22N2S/c1-3-4-5-6-7-11(2)13-8-12-9-15-10-14-12/h9-11,13H,3-8H2,1-2H3. The first kappa shape index (κ1) is 12.7. The van der Waals surface area contributed by atoms with Gasteiger partial charge in [0.1, 0.15) is 0 Å². The van der Waals surface area contributed by atoms with E-state index in [9.17, 15) is 0 Å². The summed E-state index contributed by atoms with van der Waals surface area (Å²) in [5, 5.41) is 5.61. The monoisotopic (exact) mass is 226 g/mol. The Bertz CT molecular complexity index is 234. The fourth-order valence-corrected chi connectivity index (χ4v) is 2.14. The Hall–Kier alpha value is -0.410. The van der Waals surface area contributed by atoms with E-state index >= 15 is 0 Å². The van der Waals surface area contributed by atoms with Crippen molar-refractivity contribution in [2.24, 2.45) is 0 Å². The summed E-state index contributed by atoms with van der Waals surface area (Å²) >= 11 is 1.66. The molecule has 0 amide bonds. The summed E-state index contributed by atoms with van der Waals surface area (Å²) in [6.07, 6.45) is 6.70. The molecule has 0 radical (unpaired) electrons. The van der Waals surface area contributed by atoms with Gasteiger partial charge in [-0.05, 0) is 13.3 Å². The molecule has 1 atom stereocenters. The molecule has 2 nitrogen and oxygen atoms in total. The molecular formula is C12H22N2S. The van der Waals surface area contributed by atoms with Crippen LogP contribution in [0.1, 0.15) is 51.6 Å². The van der Waals surface area contributed by atoms with Crippen molar-refractivity contribution in [1.82, 2.24) is 10.3 Å². The smallest absolute Gasteiger partial charge is 0.0795 e. The molecule has 0 spiro atoms. The highest BCUT2D eigenvalue weighted by molar-refractivity contribution is 7.07. The third-order valence-electron chi connectivity index (χ3n) is 2.61. The SMILES string of the molecule is CCCCCCC(C)NCc1cscn1. The fourth-order valence-electron chi connectivity index (χ4n) is 1.58. The van der Waals surface area contributed by atoms with E-state index in [0.717, 1.165) is 6.54 Å². The zero-order valence-corrected chi connectivity index (χ0v) is 10.6. The summed E-state index contributed by atoms with van der Waals surface area (Å²) in [5.74, 6) is 0. The van der Waals surface area contributed by atoms with E-state index in [4.69, 9.17) is 0 Å². The maximum Gasteiger partial charge on any atom is 0.0795 e. The van der Waals surface area contributed by atoms with Crippen molar-refractivity contribution in [2.45, 2.75) is 58.5 Å². The van der Waals surface area contributed by atoms with Crippen LogP contribution >= 0.6 is 11.3 Å². The maximum absolute atomic E-state index is 4.25. The molecule has 0 saturated carbocycles. The summed E-state index contributed by atoms with van der Waals surface area (Å²) in [6.45, 7) is 5.43. The minimum absolute atomic E-state index is 0.614. The summed E-state index contributed by atoms with van der Waals surface area (Å²) in [7, 11) is 0. The number of hydrogen-bond acceptors (Lipinski definition) is 3. The first-order valence-corrected chi connectivity index (χ1v) is 6.87. The quantitative estimate of drug-likeness (QED) is 0.685. The van der Waals surface area contributed by atoms with Gasteiger partial charge in [0.05, 0.1) is 11.2 Å². The van der Waals surface area contributed by atoms with Crippen molar-refractivity contribution in [1.29, 1.82) is 0 Å². The van der Waals surface area contributed by atoms with E-state index in [1.165, 1.54) is 37.8 Å². The van der Waals surface area contributed by atoms with Gasteiger partial charge >= 0.3 is 0 Å². The number of unbranched alkanes of at least 4 members (excludes halogenated alkanes) is 3. The lowest BCUT2D eigenvalue weighted by atomic mass is 10.1. The highest BCUT2D eigenvalue weighted by Crippen LogP contribution is 2.06. The number of hydrogen-bond donors (Lipinski definition) is 1.